The molecular weight excluding hydrogens is 374 g/mol. The molecule has 0 unspecified atom stereocenters. The van der Waals surface area contributed by atoms with E-state index < -0.39 is 4.87 Å². The number of benzene rings is 2. The van der Waals surface area contributed by atoms with Gasteiger partial charge in [0.15, 0.2) is 0 Å². The normalized spacial score (nSPS) is 11.1. The molecule has 6 nitrogen and oxygen atoms in total. The van der Waals surface area contributed by atoms with Crippen LogP contribution >= 0.6 is 12.6 Å². The van der Waals surface area contributed by atoms with E-state index in [1.54, 1.807) is 62.4 Å². The first kappa shape index (κ1) is 21.5. The van der Waals surface area contributed by atoms with Gasteiger partial charge in [-0.15, -0.1) is 0 Å². The molecule has 0 spiro atoms. The summed E-state index contributed by atoms with van der Waals surface area (Å²) in [6.07, 6.45) is 0. The summed E-state index contributed by atoms with van der Waals surface area (Å²) in [5.41, 5.74) is 1.96. The molecule has 0 aliphatic rings. The molecule has 0 aliphatic heterocycles. The quantitative estimate of drug-likeness (QED) is 0.443. The van der Waals surface area contributed by atoms with E-state index in [-0.39, 0.29) is 23.8 Å². The summed E-state index contributed by atoms with van der Waals surface area (Å²) >= 11 is 4.27. The van der Waals surface area contributed by atoms with Crippen molar-refractivity contribution in [2.24, 2.45) is 0 Å². The zero-order valence-electron chi connectivity index (χ0n) is 16.4. The molecule has 0 atom stereocenters. The molecule has 0 aliphatic carbocycles. The lowest BCUT2D eigenvalue weighted by molar-refractivity contribution is 0.0931. The Morgan fingerprint density at radius 1 is 0.786 bits per heavy atom. The van der Waals surface area contributed by atoms with Crippen molar-refractivity contribution in [2.45, 2.75) is 38.6 Å². The Morgan fingerprint density at radius 3 is 1.68 bits per heavy atom. The molecule has 0 aromatic heterocycles. The van der Waals surface area contributed by atoms with Crippen LogP contribution in [0, 0.1) is 0 Å². The molecule has 0 saturated heterocycles. The molecule has 0 saturated carbocycles. The van der Waals surface area contributed by atoms with Gasteiger partial charge < -0.3 is 16.0 Å². The summed E-state index contributed by atoms with van der Waals surface area (Å²) in [4.78, 5) is 35.8. The lowest BCUT2D eigenvalue weighted by Gasteiger charge is -2.19. The topological polar surface area (TPSA) is 87.3 Å². The van der Waals surface area contributed by atoms with Crippen molar-refractivity contribution in [3.05, 3.63) is 65.2 Å². The van der Waals surface area contributed by atoms with Crippen molar-refractivity contribution >= 4 is 36.0 Å². The molecule has 0 fully saturated rings. The molecule has 2 aromatic carbocycles. The third-order valence-electron chi connectivity index (χ3n) is 3.65. The molecule has 2 aromatic rings. The highest BCUT2D eigenvalue weighted by molar-refractivity contribution is 7.81. The number of nitrogens with one attached hydrogen (secondary N) is 3. The minimum Gasteiger partial charge on any atom is -0.350 e. The molecule has 0 bridgehead atoms. The lowest BCUT2D eigenvalue weighted by atomic mass is 10.1. The van der Waals surface area contributed by atoms with Crippen LogP contribution < -0.4 is 16.0 Å². The highest BCUT2D eigenvalue weighted by Crippen LogP contribution is 2.14. The van der Waals surface area contributed by atoms with Crippen LogP contribution in [0.5, 0.6) is 0 Å². The van der Waals surface area contributed by atoms with Crippen molar-refractivity contribution in [2.75, 3.05) is 5.32 Å². The van der Waals surface area contributed by atoms with Gasteiger partial charge >= 0.3 is 0 Å². The van der Waals surface area contributed by atoms with Crippen molar-refractivity contribution in [3.8, 4) is 0 Å². The number of carbonyl (C=O) groups excluding carboxylic acids is 3. The zero-order valence-corrected chi connectivity index (χ0v) is 17.3. The van der Waals surface area contributed by atoms with Crippen molar-refractivity contribution in [1.82, 2.24) is 10.6 Å². The third kappa shape index (κ3) is 6.42. The number of carbonyl (C=O) groups is 3. The summed E-state index contributed by atoms with van der Waals surface area (Å²) in [5, 5.41) is 8.32. The third-order valence-corrected chi connectivity index (χ3v) is 3.77. The second-order valence-corrected chi connectivity index (χ2v) is 8.37. The Hall–Kier alpha value is -2.80. The second kappa shape index (κ2) is 8.93. The summed E-state index contributed by atoms with van der Waals surface area (Å²) in [7, 11) is 0. The van der Waals surface area contributed by atoms with Crippen LogP contribution in [0.2, 0.25) is 0 Å². The van der Waals surface area contributed by atoms with Gasteiger partial charge in [0.05, 0.1) is 4.87 Å². The van der Waals surface area contributed by atoms with E-state index in [0.29, 0.717) is 22.4 Å². The highest BCUT2D eigenvalue weighted by atomic mass is 32.1. The van der Waals surface area contributed by atoms with Gasteiger partial charge in [0.25, 0.3) is 17.7 Å². The monoisotopic (exact) mass is 399 g/mol. The molecule has 3 N–H and O–H groups in total. The SMILES string of the molecule is CC(C)NC(=O)c1ccc(C(=O)Nc2ccc(C(=O)NC(C)(C)S)cc2)cc1. The lowest BCUT2D eigenvalue weighted by Crippen LogP contribution is -2.38. The van der Waals surface area contributed by atoms with Crippen molar-refractivity contribution in [3.63, 3.8) is 0 Å². The fourth-order valence-electron chi connectivity index (χ4n) is 2.38. The van der Waals surface area contributed by atoms with Gasteiger partial charge in [-0.3, -0.25) is 14.4 Å². The number of anilines is 1. The first-order valence-electron chi connectivity index (χ1n) is 8.92. The van der Waals surface area contributed by atoms with E-state index in [4.69, 9.17) is 0 Å². The van der Waals surface area contributed by atoms with Gasteiger partial charge in [-0.1, -0.05) is 0 Å². The van der Waals surface area contributed by atoms with E-state index in [2.05, 4.69) is 28.6 Å². The van der Waals surface area contributed by atoms with E-state index in [1.165, 1.54) is 0 Å². The predicted molar refractivity (Wildman–Crippen MR) is 114 cm³/mol. The first-order valence-corrected chi connectivity index (χ1v) is 9.37. The molecular formula is C21H25N3O3S. The highest BCUT2D eigenvalue weighted by Gasteiger charge is 2.16. The van der Waals surface area contributed by atoms with Crippen molar-refractivity contribution in [1.29, 1.82) is 0 Å². The summed E-state index contributed by atoms with van der Waals surface area (Å²) in [5.74, 6) is -0.724. The predicted octanol–water partition coefficient (Wildman–Crippen LogP) is 3.47. The summed E-state index contributed by atoms with van der Waals surface area (Å²) in [6, 6.07) is 13.0. The largest absolute Gasteiger partial charge is 0.350 e. The Kier molecular flexibility index (Phi) is 6.85. The molecule has 0 heterocycles. The average Bonchev–Trinajstić information content (AvgIpc) is 2.60. The van der Waals surface area contributed by atoms with Gasteiger partial charge in [-0.2, -0.15) is 12.6 Å². The van der Waals surface area contributed by atoms with Crippen LogP contribution in [0.25, 0.3) is 0 Å². The van der Waals surface area contributed by atoms with Gasteiger partial charge in [0, 0.05) is 28.4 Å². The van der Waals surface area contributed by atoms with Gasteiger partial charge in [-0.05, 0) is 76.2 Å². The Bertz CT molecular complexity index is 854. The van der Waals surface area contributed by atoms with Crippen molar-refractivity contribution < 1.29 is 14.4 Å². The zero-order chi connectivity index (χ0) is 20.9. The fourth-order valence-corrected chi connectivity index (χ4v) is 2.48. The molecule has 0 radical (unpaired) electrons. The molecule has 7 heteroatoms. The molecule has 28 heavy (non-hydrogen) atoms. The fraction of sp³-hybridized carbons (Fsp3) is 0.286. The smallest absolute Gasteiger partial charge is 0.255 e. The number of rotatable bonds is 6. The van der Waals surface area contributed by atoms with Crippen LogP contribution in [0.3, 0.4) is 0 Å². The molecule has 148 valence electrons. The van der Waals surface area contributed by atoms with E-state index >= 15 is 0 Å². The van der Waals surface area contributed by atoms with Crippen LogP contribution in [0.15, 0.2) is 48.5 Å². The van der Waals surface area contributed by atoms with Gasteiger partial charge in [0.2, 0.25) is 0 Å². The van der Waals surface area contributed by atoms with E-state index in [9.17, 15) is 14.4 Å². The number of hydrogen-bond acceptors (Lipinski definition) is 4. The van der Waals surface area contributed by atoms with Crippen LogP contribution in [0.4, 0.5) is 5.69 Å². The minimum absolute atomic E-state index is 0.0411. The second-order valence-electron chi connectivity index (χ2n) is 7.25. The van der Waals surface area contributed by atoms with Gasteiger partial charge in [0.1, 0.15) is 0 Å². The minimum atomic E-state index is -0.623. The average molecular weight is 400 g/mol. The standard InChI is InChI=1S/C21H25N3O3S/c1-13(2)22-18(25)14-5-7-15(8-6-14)19(26)23-17-11-9-16(10-12-17)20(27)24-21(3,4)28/h5-13,28H,1-4H3,(H,22,25)(H,23,26)(H,24,27). The number of hydrogen-bond donors (Lipinski definition) is 4. The molecule has 2 rings (SSSR count). The van der Waals surface area contributed by atoms with Crippen LogP contribution in [-0.2, 0) is 0 Å². The Morgan fingerprint density at radius 2 is 1.21 bits per heavy atom. The summed E-state index contributed by atoms with van der Waals surface area (Å²) < 4.78 is 0. The summed E-state index contributed by atoms with van der Waals surface area (Å²) in [6.45, 7) is 7.32. The molecule has 3 amide bonds. The first-order chi connectivity index (χ1) is 13.0. The maximum absolute atomic E-state index is 12.4. The Labute approximate surface area is 170 Å². The maximum Gasteiger partial charge on any atom is 0.255 e. The van der Waals surface area contributed by atoms with Crippen LogP contribution in [0.1, 0.15) is 58.8 Å². The van der Waals surface area contributed by atoms with Crippen LogP contribution in [-0.4, -0.2) is 28.6 Å². The number of thiol groups is 1. The van der Waals surface area contributed by atoms with E-state index in [0.717, 1.165) is 0 Å². The van der Waals surface area contributed by atoms with E-state index in [1.807, 2.05) is 13.8 Å². The maximum atomic E-state index is 12.4. The Balaban J connectivity index is 2.01. The van der Waals surface area contributed by atoms with Gasteiger partial charge in [-0.25, -0.2) is 0 Å². The number of amides is 3.